The van der Waals surface area contributed by atoms with Gasteiger partial charge in [0.1, 0.15) is 5.52 Å². The van der Waals surface area contributed by atoms with Crippen LogP contribution < -0.4 is 5.32 Å². The summed E-state index contributed by atoms with van der Waals surface area (Å²) in [7, 11) is 3.89. The first-order chi connectivity index (χ1) is 10.1. The van der Waals surface area contributed by atoms with Crippen molar-refractivity contribution in [3.63, 3.8) is 0 Å². The molecule has 0 aliphatic carbocycles. The maximum absolute atomic E-state index is 6.34. The minimum Gasteiger partial charge on any atom is -0.314 e. The summed E-state index contributed by atoms with van der Waals surface area (Å²) in [6.45, 7) is 0.769. The Bertz CT molecular complexity index is 809. The van der Waals surface area contributed by atoms with Gasteiger partial charge in [-0.25, -0.2) is 0 Å². The molecule has 0 atom stereocenters. The second kappa shape index (κ2) is 5.68. The van der Waals surface area contributed by atoms with Gasteiger partial charge in [-0.1, -0.05) is 47.5 Å². The van der Waals surface area contributed by atoms with Gasteiger partial charge in [-0.05, 0) is 19.2 Å². The first kappa shape index (κ1) is 14.4. The fourth-order valence-electron chi connectivity index (χ4n) is 2.57. The van der Waals surface area contributed by atoms with Crippen molar-refractivity contribution in [1.29, 1.82) is 0 Å². The monoisotopic (exact) mass is 319 g/mol. The molecule has 0 amide bonds. The van der Waals surface area contributed by atoms with Crippen LogP contribution in [0.4, 0.5) is 0 Å². The van der Waals surface area contributed by atoms with Crippen molar-refractivity contribution in [2.75, 3.05) is 7.05 Å². The molecule has 1 heterocycles. The van der Waals surface area contributed by atoms with Gasteiger partial charge in [0.05, 0.1) is 5.69 Å². The third-order valence-electron chi connectivity index (χ3n) is 3.55. The van der Waals surface area contributed by atoms with Crippen molar-refractivity contribution in [1.82, 2.24) is 15.1 Å². The van der Waals surface area contributed by atoms with E-state index in [9.17, 15) is 0 Å². The third kappa shape index (κ3) is 2.53. The molecular weight excluding hydrogens is 305 g/mol. The summed E-state index contributed by atoms with van der Waals surface area (Å²) < 4.78 is 1.91. The summed E-state index contributed by atoms with van der Waals surface area (Å²) in [5, 5.41) is 10.2. The van der Waals surface area contributed by atoms with Crippen LogP contribution >= 0.6 is 23.2 Å². The number of hydrogen-bond donors (Lipinski definition) is 1. The number of aromatic nitrogens is 2. The fourth-order valence-corrected chi connectivity index (χ4v) is 3.08. The lowest BCUT2D eigenvalue weighted by Crippen LogP contribution is -2.09. The molecule has 5 heteroatoms. The third-order valence-corrected chi connectivity index (χ3v) is 4.10. The van der Waals surface area contributed by atoms with E-state index in [4.69, 9.17) is 23.2 Å². The van der Waals surface area contributed by atoms with E-state index in [2.05, 4.69) is 16.5 Å². The molecule has 0 spiro atoms. The smallest absolute Gasteiger partial charge is 0.100 e. The molecule has 0 bridgehead atoms. The quantitative estimate of drug-likeness (QED) is 0.781. The zero-order chi connectivity index (χ0) is 15.0. The average Bonchev–Trinajstić information content (AvgIpc) is 2.76. The summed E-state index contributed by atoms with van der Waals surface area (Å²) in [6.07, 6.45) is 0. The van der Waals surface area contributed by atoms with Crippen LogP contribution in [0.3, 0.4) is 0 Å². The Balaban J connectivity index is 2.26. The highest BCUT2D eigenvalue weighted by Gasteiger charge is 2.14. The van der Waals surface area contributed by atoms with Gasteiger partial charge in [0.15, 0.2) is 0 Å². The van der Waals surface area contributed by atoms with E-state index in [0.717, 1.165) is 34.3 Å². The van der Waals surface area contributed by atoms with E-state index in [0.29, 0.717) is 10.0 Å². The Hall–Kier alpha value is -1.55. The Morgan fingerprint density at radius 3 is 2.67 bits per heavy atom. The van der Waals surface area contributed by atoms with E-state index in [1.165, 1.54) is 0 Å². The number of nitrogens with one attached hydrogen (secondary N) is 1. The van der Waals surface area contributed by atoms with Crippen molar-refractivity contribution >= 4 is 34.1 Å². The van der Waals surface area contributed by atoms with Crippen LogP contribution in [0.5, 0.6) is 0 Å². The molecular formula is C16H15Cl2N3. The molecule has 3 nitrogen and oxygen atoms in total. The van der Waals surface area contributed by atoms with Gasteiger partial charge in [0, 0.05) is 40.2 Å². The largest absolute Gasteiger partial charge is 0.314 e. The molecule has 2 aromatic carbocycles. The van der Waals surface area contributed by atoms with Crippen molar-refractivity contribution < 1.29 is 0 Å². The molecule has 0 aliphatic rings. The number of rotatable bonds is 3. The molecule has 0 aliphatic heterocycles. The van der Waals surface area contributed by atoms with E-state index in [1.807, 2.05) is 43.0 Å². The number of fused-ring (bicyclic) bond motifs is 1. The molecule has 3 aromatic rings. The standard InChI is InChI=1S/C16H15Cl2N3/c1-19-9-15-13-5-3-4-12(16(13)20-21(15)2)11-7-6-10(17)8-14(11)18/h3-8,19H,9H2,1-2H3. The van der Waals surface area contributed by atoms with E-state index in [-0.39, 0.29) is 0 Å². The second-order valence-electron chi connectivity index (χ2n) is 4.93. The Morgan fingerprint density at radius 2 is 1.95 bits per heavy atom. The molecule has 108 valence electrons. The second-order valence-corrected chi connectivity index (χ2v) is 5.77. The molecule has 0 saturated heterocycles. The lowest BCUT2D eigenvalue weighted by Gasteiger charge is -2.06. The van der Waals surface area contributed by atoms with Gasteiger partial charge in [0.25, 0.3) is 0 Å². The van der Waals surface area contributed by atoms with Crippen molar-refractivity contribution in [2.45, 2.75) is 6.54 Å². The van der Waals surface area contributed by atoms with E-state index >= 15 is 0 Å². The van der Waals surface area contributed by atoms with E-state index < -0.39 is 0 Å². The Morgan fingerprint density at radius 1 is 1.14 bits per heavy atom. The molecule has 0 radical (unpaired) electrons. The normalized spacial score (nSPS) is 11.2. The highest BCUT2D eigenvalue weighted by Crippen LogP contribution is 2.35. The number of aryl methyl sites for hydroxylation is 1. The summed E-state index contributed by atoms with van der Waals surface area (Å²) in [5.74, 6) is 0. The van der Waals surface area contributed by atoms with Gasteiger partial charge in [-0.3, -0.25) is 4.68 Å². The molecule has 1 aromatic heterocycles. The van der Waals surface area contributed by atoms with Crippen LogP contribution in [0.2, 0.25) is 10.0 Å². The van der Waals surface area contributed by atoms with Gasteiger partial charge in [-0.15, -0.1) is 0 Å². The van der Waals surface area contributed by atoms with Gasteiger partial charge in [0.2, 0.25) is 0 Å². The van der Waals surface area contributed by atoms with Gasteiger partial charge in [-0.2, -0.15) is 5.10 Å². The summed E-state index contributed by atoms with van der Waals surface area (Å²) in [6, 6.07) is 11.7. The minimum atomic E-state index is 0.632. The fraction of sp³-hybridized carbons (Fsp3) is 0.188. The van der Waals surface area contributed by atoms with Gasteiger partial charge >= 0.3 is 0 Å². The summed E-state index contributed by atoms with van der Waals surface area (Å²) in [4.78, 5) is 0. The maximum atomic E-state index is 6.34. The minimum absolute atomic E-state index is 0.632. The van der Waals surface area contributed by atoms with Crippen LogP contribution in [-0.2, 0) is 13.6 Å². The number of benzene rings is 2. The summed E-state index contributed by atoms with van der Waals surface area (Å²) >= 11 is 12.3. The molecule has 0 fully saturated rings. The SMILES string of the molecule is CNCc1c2cccc(-c3ccc(Cl)cc3Cl)c2nn1C. The molecule has 0 saturated carbocycles. The molecule has 21 heavy (non-hydrogen) atoms. The molecule has 3 rings (SSSR count). The number of nitrogens with zero attached hydrogens (tertiary/aromatic N) is 2. The zero-order valence-corrected chi connectivity index (χ0v) is 13.3. The molecule has 0 unspecified atom stereocenters. The topological polar surface area (TPSA) is 29.9 Å². The first-order valence-corrected chi connectivity index (χ1v) is 7.42. The van der Waals surface area contributed by atoms with Crippen LogP contribution in [0, 0.1) is 0 Å². The number of halogens is 2. The highest BCUT2D eigenvalue weighted by molar-refractivity contribution is 6.36. The maximum Gasteiger partial charge on any atom is 0.100 e. The Labute approximate surface area is 133 Å². The van der Waals surface area contributed by atoms with Gasteiger partial charge < -0.3 is 5.32 Å². The zero-order valence-electron chi connectivity index (χ0n) is 11.8. The van der Waals surface area contributed by atoms with Crippen LogP contribution in [0.1, 0.15) is 5.69 Å². The molecule has 1 N–H and O–H groups in total. The van der Waals surface area contributed by atoms with Crippen LogP contribution in [-0.4, -0.2) is 16.8 Å². The lowest BCUT2D eigenvalue weighted by atomic mass is 10.0. The van der Waals surface area contributed by atoms with Crippen LogP contribution in [0.15, 0.2) is 36.4 Å². The Kier molecular flexibility index (Phi) is 3.89. The summed E-state index contributed by atoms with van der Waals surface area (Å²) in [5.41, 5.74) is 4.07. The highest BCUT2D eigenvalue weighted by atomic mass is 35.5. The van der Waals surface area contributed by atoms with Crippen molar-refractivity contribution in [3.8, 4) is 11.1 Å². The van der Waals surface area contributed by atoms with Crippen molar-refractivity contribution in [3.05, 3.63) is 52.1 Å². The lowest BCUT2D eigenvalue weighted by molar-refractivity contribution is 0.680. The van der Waals surface area contributed by atoms with E-state index in [1.54, 1.807) is 6.07 Å². The van der Waals surface area contributed by atoms with Crippen LogP contribution in [0.25, 0.3) is 22.0 Å². The predicted octanol–water partition coefficient (Wildman–Crippen LogP) is 4.27. The average molecular weight is 320 g/mol. The number of hydrogen-bond acceptors (Lipinski definition) is 2. The predicted molar refractivity (Wildman–Crippen MR) is 88.9 cm³/mol. The first-order valence-electron chi connectivity index (χ1n) is 6.66. The van der Waals surface area contributed by atoms with Crippen molar-refractivity contribution in [2.24, 2.45) is 7.05 Å².